The number of hydrogen-bond acceptors (Lipinski definition) is 2. The summed E-state index contributed by atoms with van der Waals surface area (Å²) in [7, 11) is 0. The molecule has 0 heterocycles. The van der Waals surface area contributed by atoms with Crippen LogP contribution < -0.4 is 4.66 Å². The second-order valence-corrected chi connectivity index (χ2v) is 0.207. The summed E-state index contributed by atoms with van der Waals surface area (Å²) in [5.74, 6) is 0. The van der Waals surface area contributed by atoms with Crippen LogP contribution in [0.2, 0.25) is 0 Å². The Labute approximate surface area is 68.1 Å². The summed E-state index contributed by atoms with van der Waals surface area (Å²) >= 11 is -0.167. The van der Waals surface area contributed by atoms with Crippen molar-refractivity contribution >= 4 is 45.5 Å². The molecule has 0 aliphatic rings. The van der Waals surface area contributed by atoms with Crippen LogP contribution in [0.15, 0.2) is 0 Å². The third-order valence-electron chi connectivity index (χ3n) is 0. The van der Waals surface area contributed by atoms with Crippen molar-refractivity contribution in [3.63, 3.8) is 0 Å². The van der Waals surface area contributed by atoms with Crippen LogP contribution in [0, 0.1) is 11.3 Å². The molecule has 24 valence electrons. The van der Waals surface area contributed by atoms with E-state index in [2.05, 4.69) is 0 Å². The second-order valence-electron chi connectivity index (χ2n) is 0.0690. The first-order chi connectivity index (χ1) is 1.41. The van der Waals surface area contributed by atoms with E-state index < -0.39 is 0 Å². The monoisotopic (exact) mass is 158 g/mol. The van der Waals surface area contributed by atoms with Gasteiger partial charge in [0.2, 0.25) is 0 Å². The molecule has 4 heavy (non-hydrogen) atoms. The fraction of sp³-hybridized carbons (Fsp3) is 0. The van der Waals surface area contributed by atoms with Gasteiger partial charge in [0.25, 0.3) is 0 Å². The first kappa shape index (κ1) is 9.19. The van der Waals surface area contributed by atoms with E-state index in [0.29, 0.717) is 0 Å². The normalized spacial score (nSPS) is 4.50. The molecular weight excluding hydrogens is 155 g/mol. The molecule has 0 amide bonds. The average Bonchev–Trinajstić information content (AvgIpc) is 0.918. The standard InChI is InChI=1S/ClHO2.Sr.2H/c2-1-3;;;/h2H;;;/q;+2;2*-1. The minimum absolute atomic E-state index is 0. The Morgan fingerprint density at radius 3 is 2.00 bits per heavy atom. The summed E-state index contributed by atoms with van der Waals surface area (Å²) < 4.78 is 15.2. The molecule has 4 heteroatoms. The van der Waals surface area contributed by atoms with E-state index in [1.807, 2.05) is 0 Å². The molecule has 1 N–H and O–H groups in total. The summed E-state index contributed by atoms with van der Waals surface area (Å²) in [5, 5.41) is 0. The number of rotatable bonds is 0. The van der Waals surface area contributed by atoms with E-state index in [-0.39, 0.29) is 59.7 Å². The van der Waals surface area contributed by atoms with E-state index >= 15 is 0 Å². The van der Waals surface area contributed by atoms with Crippen LogP contribution in [-0.4, -0.2) is 50.1 Å². The van der Waals surface area contributed by atoms with Gasteiger partial charge in [-0.1, -0.05) is 0 Å². The number of halogens is 1. The SMILES string of the molecule is [H-].[H-].[O-][Cl+]O.[Sr+2]. The third kappa shape index (κ3) is 9.35. The predicted molar refractivity (Wildman–Crippen MR) is 10.2 cm³/mol. The van der Waals surface area contributed by atoms with E-state index in [4.69, 9.17) is 9.32 Å². The van der Waals surface area contributed by atoms with Crippen molar-refractivity contribution in [1.82, 2.24) is 0 Å². The van der Waals surface area contributed by atoms with Crippen molar-refractivity contribution in [2.45, 2.75) is 0 Å². The van der Waals surface area contributed by atoms with Gasteiger partial charge >= 0.3 is 56.8 Å². The van der Waals surface area contributed by atoms with Crippen LogP contribution >= 0.6 is 0 Å². The first-order valence-corrected chi connectivity index (χ1v) is 0.970. The average molecular weight is 158 g/mol. The van der Waals surface area contributed by atoms with Crippen LogP contribution in [-0.2, 0) is 0 Å². The van der Waals surface area contributed by atoms with Gasteiger partial charge in [-0.25, -0.2) is 0 Å². The zero-order valence-corrected chi connectivity index (χ0v) is 6.17. The molecule has 0 radical (unpaired) electrons. The predicted octanol–water partition coefficient (Wildman–Crippen LogP) is -1.90. The summed E-state index contributed by atoms with van der Waals surface area (Å²) in [6.45, 7) is 0. The molecule has 0 saturated heterocycles. The van der Waals surface area contributed by atoms with Gasteiger partial charge in [-0.15, -0.1) is 4.66 Å². The molecule has 0 aromatic carbocycles. The van der Waals surface area contributed by atoms with E-state index in [1.54, 1.807) is 0 Å². The van der Waals surface area contributed by atoms with Crippen molar-refractivity contribution in [2.75, 3.05) is 0 Å². The Bertz CT molecular complexity index is 11.5. The molecule has 0 spiro atoms. The quantitative estimate of drug-likeness (QED) is 0.418. The third-order valence-corrected chi connectivity index (χ3v) is 0. The Morgan fingerprint density at radius 2 is 2.00 bits per heavy atom. The molecule has 0 rings (SSSR count). The summed E-state index contributed by atoms with van der Waals surface area (Å²) in [4.78, 5) is 0. The minimum atomic E-state index is -0.167. The molecule has 0 bridgehead atoms. The van der Waals surface area contributed by atoms with Crippen LogP contribution in [0.5, 0.6) is 0 Å². The van der Waals surface area contributed by atoms with Gasteiger partial charge in [-0.2, -0.15) is 0 Å². The molecule has 2 nitrogen and oxygen atoms in total. The first-order valence-electron chi connectivity index (χ1n) is 0.323. The van der Waals surface area contributed by atoms with Crippen molar-refractivity contribution < 1.29 is 23.5 Å². The summed E-state index contributed by atoms with van der Waals surface area (Å²) in [5.41, 5.74) is 0. The van der Waals surface area contributed by atoms with Gasteiger partial charge < -0.3 is 7.51 Å². The van der Waals surface area contributed by atoms with Gasteiger partial charge in [-0.05, 0) is 0 Å². The molecule has 0 aliphatic heterocycles. The van der Waals surface area contributed by atoms with Crippen LogP contribution in [0.1, 0.15) is 2.85 Å². The molecule has 0 saturated carbocycles. The molecule has 0 atom stereocenters. The van der Waals surface area contributed by atoms with Gasteiger partial charge in [0, 0.05) is 0 Å². The van der Waals surface area contributed by atoms with Gasteiger partial charge in [0.15, 0.2) is 0 Å². The fourth-order valence-corrected chi connectivity index (χ4v) is 0. The summed E-state index contributed by atoms with van der Waals surface area (Å²) in [6.07, 6.45) is 0. The van der Waals surface area contributed by atoms with Crippen molar-refractivity contribution in [3.05, 3.63) is 0 Å². The van der Waals surface area contributed by atoms with Crippen molar-refractivity contribution in [1.29, 1.82) is 0 Å². The Morgan fingerprint density at radius 1 is 2.00 bits per heavy atom. The fourth-order valence-electron chi connectivity index (χ4n) is 0. The minimum Gasteiger partial charge on any atom is -1.00 e. The van der Waals surface area contributed by atoms with Crippen LogP contribution in [0.4, 0.5) is 0 Å². The molecule has 0 unspecified atom stereocenters. The van der Waals surface area contributed by atoms with Crippen LogP contribution in [0.25, 0.3) is 0 Å². The van der Waals surface area contributed by atoms with Crippen LogP contribution in [0.3, 0.4) is 0 Å². The maximum absolute atomic E-state index is 8.35. The van der Waals surface area contributed by atoms with Gasteiger partial charge in [-0.3, -0.25) is 0 Å². The second kappa shape index (κ2) is 8.83. The zero-order chi connectivity index (χ0) is 2.71. The van der Waals surface area contributed by atoms with E-state index in [0.717, 1.165) is 0 Å². The van der Waals surface area contributed by atoms with Gasteiger partial charge in [0.1, 0.15) is 0 Å². The molecule has 0 aromatic rings. The maximum Gasteiger partial charge on any atom is 2.00 e. The Balaban J connectivity index is -0.00000000667. The summed E-state index contributed by atoms with van der Waals surface area (Å²) in [6, 6.07) is 0. The van der Waals surface area contributed by atoms with E-state index in [1.165, 1.54) is 0 Å². The number of hydrogen-bond donors (Lipinski definition) is 1. The van der Waals surface area contributed by atoms with Crippen molar-refractivity contribution in [2.24, 2.45) is 0 Å². The van der Waals surface area contributed by atoms with E-state index in [9.17, 15) is 0 Å². The molecule has 0 aromatic heterocycles. The topological polar surface area (TPSA) is 43.3 Å². The van der Waals surface area contributed by atoms with Crippen molar-refractivity contribution in [3.8, 4) is 0 Å². The maximum atomic E-state index is 8.35. The molecular formula is H3ClO2Sr. The smallest absolute Gasteiger partial charge is 1.00 e. The molecule has 0 aliphatic carbocycles. The zero-order valence-electron chi connectivity index (χ0n) is 3.94. The van der Waals surface area contributed by atoms with Gasteiger partial charge in [0.05, 0.1) is 0 Å². The largest absolute Gasteiger partial charge is 2.00 e. The molecule has 0 fully saturated rings. The Hall–Kier alpha value is 1.69. The Kier molecular flexibility index (Phi) is 20.3.